The Morgan fingerprint density at radius 1 is 1.37 bits per heavy atom. The normalized spacial score (nSPS) is 12.2. The lowest BCUT2D eigenvalue weighted by Gasteiger charge is -2.16. The molecule has 0 fully saturated rings. The van der Waals surface area contributed by atoms with Crippen LogP contribution in [0.15, 0.2) is 18.2 Å². The maximum Gasteiger partial charge on any atom is 0.272 e. The van der Waals surface area contributed by atoms with Crippen LogP contribution >= 0.6 is 0 Å². The number of aryl methyl sites for hydroxylation is 1. The Kier molecular flexibility index (Phi) is 6.33. The summed E-state index contributed by atoms with van der Waals surface area (Å²) in [5.41, 5.74) is 1.86. The first-order chi connectivity index (χ1) is 9.08. The molecule has 0 aromatic heterocycles. The minimum atomic E-state index is -0.338. The van der Waals surface area contributed by atoms with Crippen molar-refractivity contribution >= 4 is 11.4 Å². The maximum atomic E-state index is 10.7. The lowest BCUT2D eigenvalue weighted by Crippen LogP contribution is -2.13. The van der Waals surface area contributed by atoms with E-state index in [9.17, 15) is 10.1 Å². The monoisotopic (exact) mass is 264 g/mol. The molecule has 1 aromatic carbocycles. The summed E-state index contributed by atoms with van der Waals surface area (Å²) in [6.45, 7) is 7.13. The smallest absolute Gasteiger partial charge is 0.272 e. The third kappa shape index (κ3) is 4.89. The first kappa shape index (κ1) is 15.5. The van der Waals surface area contributed by atoms with Gasteiger partial charge in [0.25, 0.3) is 5.69 Å². The highest BCUT2D eigenvalue weighted by molar-refractivity contribution is 5.53. The molecule has 0 amide bonds. The van der Waals surface area contributed by atoms with E-state index in [-0.39, 0.29) is 10.6 Å². The molecular weight excluding hydrogens is 240 g/mol. The summed E-state index contributed by atoms with van der Waals surface area (Å²) >= 11 is 0. The van der Waals surface area contributed by atoms with Crippen molar-refractivity contribution in [3.8, 4) is 0 Å². The van der Waals surface area contributed by atoms with Gasteiger partial charge in [-0.15, -0.1) is 0 Å². The zero-order valence-electron chi connectivity index (χ0n) is 12.1. The van der Waals surface area contributed by atoms with Crippen LogP contribution in [0.5, 0.6) is 0 Å². The second-order valence-corrected chi connectivity index (χ2v) is 5.06. The number of nitro groups is 1. The average Bonchev–Trinajstić information content (AvgIpc) is 2.38. The molecule has 4 nitrogen and oxygen atoms in total. The molecule has 1 aromatic rings. The number of hydrogen-bond acceptors (Lipinski definition) is 3. The van der Waals surface area contributed by atoms with Gasteiger partial charge in [0.2, 0.25) is 0 Å². The molecule has 0 bridgehead atoms. The van der Waals surface area contributed by atoms with Gasteiger partial charge in [-0.1, -0.05) is 33.1 Å². The lowest BCUT2D eigenvalue weighted by molar-refractivity contribution is -0.385. The molecule has 0 saturated carbocycles. The molecule has 19 heavy (non-hydrogen) atoms. The Bertz CT molecular complexity index is 419. The number of hydrogen-bond donors (Lipinski definition) is 1. The standard InChI is InChI=1S/C15H24N2O2/c1-4-6-7-13(5-2)11-16-14-8-9-15(17(18)19)12(3)10-14/h8-10,13,16H,4-7,11H2,1-3H3. The molecule has 106 valence electrons. The highest BCUT2D eigenvalue weighted by Gasteiger charge is 2.11. The van der Waals surface area contributed by atoms with Crippen LogP contribution in [0.2, 0.25) is 0 Å². The molecule has 0 aliphatic heterocycles. The van der Waals surface area contributed by atoms with E-state index in [2.05, 4.69) is 19.2 Å². The minimum absolute atomic E-state index is 0.184. The van der Waals surface area contributed by atoms with E-state index in [1.165, 1.54) is 25.7 Å². The number of nitrogens with zero attached hydrogens (tertiary/aromatic N) is 1. The van der Waals surface area contributed by atoms with E-state index >= 15 is 0 Å². The topological polar surface area (TPSA) is 55.2 Å². The van der Waals surface area contributed by atoms with Crippen molar-refractivity contribution in [3.63, 3.8) is 0 Å². The molecule has 0 aliphatic rings. The highest BCUT2D eigenvalue weighted by atomic mass is 16.6. The van der Waals surface area contributed by atoms with Crippen LogP contribution in [0.4, 0.5) is 11.4 Å². The summed E-state index contributed by atoms with van der Waals surface area (Å²) in [6, 6.07) is 5.22. The van der Waals surface area contributed by atoms with Gasteiger partial charge in [-0.2, -0.15) is 0 Å². The van der Waals surface area contributed by atoms with Gasteiger partial charge >= 0.3 is 0 Å². The van der Waals surface area contributed by atoms with E-state index in [1.807, 2.05) is 6.07 Å². The maximum absolute atomic E-state index is 10.7. The first-order valence-corrected chi connectivity index (χ1v) is 7.07. The number of nitro benzene ring substituents is 1. The van der Waals surface area contributed by atoms with Crippen molar-refractivity contribution in [2.75, 3.05) is 11.9 Å². The predicted octanol–water partition coefficient (Wildman–Crippen LogP) is 4.53. The van der Waals surface area contributed by atoms with Crippen LogP contribution in [0.25, 0.3) is 0 Å². The highest BCUT2D eigenvalue weighted by Crippen LogP contribution is 2.22. The first-order valence-electron chi connectivity index (χ1n) is 7.07. The van der Waals surface area contributed by atoms with Crippen molar-refractivity contribution < 1.29 is 4.92 Å². The van der Waals surface area contributed by atoms with Gasteiger partial charge in [0.15, 0.2) is 0 Å². The molecule has 1 unspecified atom stereocenters. The van der Waals surface area contributed by atoms with Crippen LogP contribution in [0.1, 0.15) is 45.1 Å². The Hall–Kier alpha value is -1.58. The Balaban J connectivity index is 2.57. The van der Waals surface area contributed by atoms with E-state index in [0.29, 0.717) is 11.5 Å². The second-order valence-electron chi connectivity index (χ2n) is 5.06. The Morgan fingerprint density at radius 3 is 2.63 bits per heavy atom. The van der Waals surface area contributed by atoms with Crippen molar-refractivity contribution in [2.24, 2.45) is 5.92 Å². The number of rotatable bonds is 8. The van der Waals surface area contributed by atoms with Crippen molar-refractivity contribution in [3.05, 3.63) is 33.9 Å². The van der Waals surface area contributed by atoms with Gasteiger partial charge < -0.3 is 5.32 Å². The average molecular weight is 264 g/mol. The number of benzene rings is 1. The van der Waals surface area contributed by atoms with Crippen LogP contribution in [0, 0.1) is 23.0 Å². The summed E-state index contributed by atoms with van der Waals surface area (Å²) < 4.78 is 0. The van der Waals surface area contributed by atoms with E-state index in [4.69, 9.17) is 0 Å². The predicted molar refractivity (Wildman–Crippen MR) is 79.6 cm³/mol. The zero-order chi connectivity index (χ0) is 14.3. The fraction of sp³-hybridized carbons (Fsp3) is 0.600. The van der Waals surface area contributed by atoms with Gasteiger partial charge in [0, 0.05) is 23.9 Å². The molecule has 1 rings (SSSR count). The van der Waals surface area contributed by atoms with E-state index in [1.54, 1.807) is 19.1 Å². The summed E-state index contributed by atoms with van der Waals surface area (Å²) in [5, 5.41) is 14.1. The summed E-state index contributed by atoms with van der Waals surface area (Å²) in [4.78, 5) is 10.4. The molecule has 0 spiro atoms. The molecular formula is C15H24N2O2. The van der Waals surface area contributed by atoms with Gasteiger partial charge in [-0.25, -0.2) is 0 Å². The van der Waals surface area contributed by atoms with Crippen LogP contribution in [0.3, 0.4) is 0 Å². The third-order valence-corrected chi connectivity index (χ3v) is 3.53. The van der Waals surface area contributed by atoms with Crippen molar-refractivity contribution in [2.45, 2.75) is 46.5 Å². The molecule has 0 aliphatic carbocycles. The van der Waals surface area contributed by atoms with E-state index in [0.717, 1.165) is 12.2 Å². The van der Waals surface area contributed by atoms with E-state index < -0.39 is 0 Å². The number of anilines is 1. The molecule has 0 radical (unpaired) electrons. The molecule has 1 atom stereocenters. The van der Waals surface area contributed by atoms with Crippen LogP contribution in [-0.4, -0.2) is 11.5 Å². The Morgan fingerprint density at radius 2 is 2.11 bits per heavy atom. The summed E-state index contributed by atoms with van der Waals surface area (Å²) in [7, 11) is 0. The van der Waals surface area contributed by atoms with Crippen LogP contribution in [-0.2, 0) is 0 Å². The summed E-state index contributed by atoms with van der Waals surface area (Å²) in [5.74, 6) is 0.676. The number of nitrogens with one attached hydrogen (secondary N) is 1. The van der Waals surface area contributed by atoms with Gasteiger partial charge in [-0.05, 0) is 31.4 Å². The van der Waals surface area contributed by atoms with Crippen molar-refractivity contribution in [1.29, 1.82) is 0 Å². The Labute approximate surface area is 115 Å². The largest absolute Gasteiger partial charge is 0.385 e. The SMILES string of the molecule is CCCCC(CC)CNc1ccc([N+](=O)[O-])c(C)c1. The van der Waals surface area contributed by atoms with Gasteiger partial charge in [-0.3, -0.25) is 10.1 Å². The molecule has 0 heterocycles. The zero-order valence-corrected chi connectivity index (χ0v) is 12.1. The quantitative estimate of drug-likeness (QED) is 0.554. The number of unbranched alkanes of at least 4 members (excludes halogenated alkanes) is 1. The van der Waals surface area contributed by atoms with Gasteiger partial charge in [0.1, 0.15) is 0 Å². The van der Waals surface area contributed by atoms with Crippen LogP contribution < -0.4 is 5.32 Å². The lowest BCUT2D eigenvalue weighted by atomic mass is 9.99. The minimum Gasteiger partial charge on any atom is -0.385 e. The fourth-order valence-corrected chi connectivity index (χ4v) is 2.18. The fourth-order valence-electron chi connectivity index (χ4n) is 2.18. The molecule has 0 saturated heterocycles. The third-order valence-electron chi connectivity index (χ3n) is 3.53. The van der Waals surface area contributed by atoms with Gasteiger partial charge in [0.05, 0.1) is 4.92 Å². The molecule has 4 heteroatoms. The summed E-state index contributed by atoms with van der Waals surface area (Å²) in [6.07, 6.45) is 4.90. The molecule has 1 N–H and O–H groups in total. The second kappa shape index (κ2) is 7.77. The van der Waals surface area contributed by atoms with Crippen molar-refractivity contribution in [1.82, 2.24) is 0 Å².